The van der Waals surface area contributed by atoms with E-state index in [2.05, 4.69) is 4.72 Å². The minimum absolute atomic E-state index is 0.0162. The van der Waals surface area contributed by atoms with E-state index in [0.717, 1.165) is 0 Å². The number of fused-ring (bicyclic) bond motifs is 1. The maximum absolute atomic E-state index is 12.1. The molecule has 0 saturated heterocycles. The minimum Gasteiger partial charge on any atom is -0.486 e. The number of sulfonamides is 1. The Hall–Kier alpha value is -1.80. The lowest BCUT2D eigenvalue weighted by Gasteiger charge is -2.18. The van der Waals surface area contributed by atoms with Gasteiger partial charge in [0.15, 0.2) is 11.5 Å². The number of carbonyl (C=O) groups excluding carboxylic acids is 1. The highest BCUT2D eigenvalue weighted by Crippen LogP contribution is 2.32. The molecule has 0 unspecified atom stereocenters. The number of nitrogens with one attached hydrogen (secondary N) is 1. The third-order valence-electron chi connectivity index (χ3n) is 2.75. The second-order valence-corrected chi connectivity index (χ2v) is 6.03. The zero-order valence-electron chi connectivity index (χ0n) is 11.6. The number of ether oxygens (including phenoxy) is 3. The standard InChI is InChI=1S/C13H17NO6S/c1-2-18-13(15)5-6-14-21(16,17)10-3-4-11-12(9-10)20-8-7-19-11/h3-4,9,14H,2,5-8H2,1H3. The molecule has 0 radical (unpaired) electrons. The molecule has 7 nitrogen and oxygen atoms in total. The summed E-state index contributed by atoms with van der Waals surface area (Å²) in [7, 11) is -3.70. The van der Waals surface area contributed by atoms with Crippen LogP contribution in [0.4, 0.5) is 0 Å². The molecule has 1 aliphatic rings. The molecular formula is C13H17NO6S. The predicted molar refractivity (Wildman–Crippen MR) is 73.9 cm³/mol. The van der Waals surface area contributed by atoms with Gasteiger partial charge in [-0.15, -0.1) is 0 Å². The maximum Gasteiger partial charge on any atom is 0.307 e. The monoisotopic (exact) mass is 315 g/mol. The highest BCUT2D eigenvalue weighted by atomic mass is 32.2. The highest BCUT2D eigenvalue weighted by molar-refractivity contribution is 7.89. The second-order valence-electron chi connectivity index (χ2n) is 4.26. The van der Waals surface area contributed by atoms with Gasteiger partial charge >= 0.3 is 5.97 Å². The predicted octanol–water partition coefficient (Wildman–Crippen LogP) is 0.689. The van der Waals surface area contributed by atoms with Crippen LogP contribution in [-0.2, 0) is 19.6 Å². The van der Waals surface area contributed by atoms with E-state index in [0.29, 0.717) is 24.7 Å². The molecule has 21 heavy (non-hydrogen) atoms. The summed E-state index contributed by atoms with van der Waals surface area (Å²) in [5.41, 5.74) is 0. The van der Waals surface area contributed by atoms with Crippen LogP contribution < -0.4 is 14.2 Å². The summed E-state index contributed by atoms with van der Waals surface area (Å²) in [6.07, 6.45) is -0.0162. The summed E-state index contributed by atoms with van der Waals surface area (Å²) < 4.78 is 41.9. The lowest BCUT2D eigenvalue weighted by molar-refractivity contribution is -0.142. The van der Waals surface area contributed by atoms with Gasteiger partial charge in [0.05, 0.1) is 17.9 Å². The van der Waals surface area contributed by atoms with E-state index in [1.165, 1.54) is 12.1 Å². The molecule has 0 fully saturated rings. The van der Waals surface area contributed by atoms with Gasteiger partial charge in [-0.2, -0.15) is 0 Å². The molecule has 0 spiro atoms. The minimum atomic E-state index is -3.70. The van der Waals surface area contributed by atoms with Gasteiger partial charge in [-0.3, -0.25) is 4.79 Å². The van der Waals surface area contributed by atoms with Crippen LogP contribution in [0, 0.1) is 0 Å². The van der Waals surface area contributed by atoms with E-state index in [4.69, 9.17) is 14.2 Å². The first-order valence-corrected chi connectivity index (χ1v) is 8.06. The third-order valence-corrected chi connectivity index (χ3v) is 4.21. The Labute approximate surface area is 123 Å². The molecule has 1 aromatic carbocycles. The Morgan fingerprint density at radius 1 is 1.29 bits per heavy atom. The first-order valence-electron chi connectivity index (χ1n) is 6.58. The summed E-state index contributed by atoms with van der Waals surface area (Å²) >= 11 is 0. The van der Waals surface area contributed by atoms with Crippen LogP contribution in [0.5, 0.6) is 11.5 Å². The largest absolute Gasteiger partial charge is 0.486 e. The average Bonchev–Trinajstić information content (AvgIpc) is 2.47. The van der Waals surface area contributed by atoms with Crippen LogP contribution >= 0.6 is 0 Å². The number of benzene rings is 1. The van der Waals surface area contributed by atoms with Crippen molar-refractivity contribution in [2.24, 2.45) is 0 Å². The van der Waals surface area contributed by atoms with Crippen molar-refractivity contribution in [3.05, 3.63) is 18.2 Å². The smallest absolute Gasteiger partial charge is 0.307 e. The van der Waals surface area contributed by atoms with E-state index >= 15 is 0 Å². The van der Waals surface area contributed by atoms with Gasteiger partial charge in [-0.25, -0.2) is 13.1 Å². The van der Waals surface area contributed by atoms with Crippen molar-refractivity contribution >= 4 is 16.0 Å². The first kappa shape index (κ1) is 15.6. The SMILES string of the molecule is CCOC(=O)CCNS(=O)(=O)c1ccc2c(c1)OCCO2. The quantitative estimate of drug-likeness (QED) is 0.777. The molecule has 0 aromatic heterocycles. The van der Waals surface area contributed by atoms with Crippen molar-refractivity contribution in [1.82, 2.24) is 4.72 Å². The maximum atomic E-state index is 12.1. The zero-order valence-corrected chi connectivity index (χ0v) is 12.4. The second kappa shape index (κ2) is 6.77. The topological polar surface area (TPSA) is 90.9 Å². The molecule has 0 amide bonds. The number of hydrogen-bond donors (Lipinski definition) is 1. The number of esters is 1. The molecule has 1 heterocycles. The van der Waals surface area contributed by atoms with E-state index in [1.54, 1.807) is 13.0 Å². The Balaban J connectivity index is 2.01. The number of hydrogen-bond acceptors (Lipinski definition) is 6. The van der Waals surface area contributed by atoms with Gasteiger partial charge in [0.1, 0.15) is 13.2 Å². The Morgan fingerprint density at radius 2 is 2.00 bits per heavy atom. The molecule has 2 rings (SSSR count). The zero-order chi connectivity index (χ0) is 15.3. The van der Waals surface area contributed by atoms with Gasteiger partial charge in [-0.05, 0) is 19.1 Å². The number of carbonyl (C=O) groups is 1. The van der Waals surface area contributed by atoms with E-state index < -0.39 is 16.0 Å². The molecule has 0 bridgehead atoms. The summed E-state index contributed by atoms with van der Waals surface area (Å²) in [6, 6.07) is 4.38. The van der Waals surface area contributed by atoms with E-state index in [1.807, 2.05) is 0 Å². The Bertz CT molecular complexity index is 613. The molecule has 0 atom stereocenters. The van der Waals surface area contributed by atoms with E-state index in [-0.39, 0.29) is 24.5 Å². The fourth-order valence-electron chi connectivity index (χ4n) is 1.79. The van der Waals surface area contributed by atoms with Crippen molar-refractivity contribution < 1.29 is 27.4 Å². The summed E-state index contributed by atoms with van der Waals surface area (Å²) in [4.78, 5) is 11.2. The molecule has 8 heteroatoms. The highest BCUT2D eigenvalue weighted by Gasteiger charge is 2.19. The van der Waals surface area contributed by atoms with Crippen molar-refractivity contribution in [2.75, 3.05) is 26.4 Å². The molecule has 1 N–H and O–H groups in total. The summed E-state index contributed by atoms with van der Waals surface area (Å²) in [6.45, 7) is 2.77. The van der Waals surface area contributed by atoms with Crippen LogP contribution in [0.15, 0.2) is 23.1 Å². The van der Waals surface area contributed by atoms with Crippen LogP contribution in [0.3, 0.4) is 0 Å². The summed E-state index contributed by atoms with van der Waals surface area (Å²) in [5.74, 6) is 0.476. The number of rotatable bonds is 6. The van der Waals surface area contributed by atoms with Gasteiger partial charge < -0.3 is 14.2 Å². The van der Waals surface area contributed by atoms with Gasteiger partial charge in [0.25, 0.3) is 0 Å². The lowest BCUT2D eigenvalue weighted by Crippen LogP contribution is -2.27. The molecular weight excluding hydrogens is 298 g/mol. The van der Waals surface area contributed by atoms with Gasteiger partial charge in [0, 0.05) is 12.6 Å². The molecule has 116 valence electrons. The fraction of sp³-hybridized carbons (Fsp3) is 0.462. The average molecular weight is 315 g/mol. The fourth-order valence-corrected chi connectivity index (χ4v) is 2.84. The first-order chi connectivity index (χ1) is 10.0. The normalized spacial score (nSPS) is 13.8. The lowest BCUT2D eigenvalue weighted by atomic mass is 10.3. The molecule has 1 aliphatic heterocycles. The Kier molecular flexibility index (Phi) is 5.03. The van der Waals surface area contributed by atoms with Crippen LogP contribution in [0.2, 0.25) is 0 Å². The van der Waals surface area contributed by atoms with Crippen molar-refractivity contribution in [2.45, 2.75) is 18.2 Å². The van der Waals surface area contributed by atoms with E-state index in [9.17, 15) is 13.2 Å². The van der Waals surface area contributed by atoms with Gasteiger partial charge in [-0.1, -0.05) is 0 Å². The van der Waals surface area contributed by atoms with Crippen LogP contribution in [-0.4, -0.2) is 40.8 Å². The molecule has 0 aliphatic carbocycles. The van der Waals surface area contributed by atoms with Crippen LogP contribution in [0.25, 0.3) is 0 Å². The molecule has 0 saturated carbocycles. The summed E-state index contributed by atoms with van der Waals surface area (Å²) in [5, 5.41) is 0. The Morgan fingerprint density at radius 3 is 2.71 bits per heavy atom. The molecule has 1 aromatic rings. The van der Waals surface area contributed by atoms with Crippen molar-refractivity contribution in [3.8, 4) is 11.5 Å². The van der Waals surface area contributed by atoms with Crippen molar-refractivity contribution in [3.63, 3.8) is 0 Å². The van der Waals surface area contributed by atoms with Crippen molar-refractivity contribution in [1.29, 1.82) is 0 Å². The van der Waals surface area contributed by atoms with Gasteiger partial charge in [0.2, 0.25) is 10.0 Å². The van der Waals surface area contributed by atoms with Crippen LogP contribution in [0.1, 0.15) is 13.3 Å². The third kappa shape index (κ3) is 4.08.